The maximum atomic E-state index is 5.50. The largest absolute Gasteiger partial charge is 0.496 e. The van der Waals surface area contributed by atoms with Crippen molar-refractivity contribution in [2.75, 3.05) is 41.7 Å². The van der Waals surface area contributed by atoms with E-state index in [0.29, 0.717) is 31.2 Å². The summed E-state index contributed by atoms with van der Waals surface area (Å²) in [5.74, 6) is 4.40. The van der Waals surface area contributed by atoms with Crippen molar-refractivity contribution >= 4 is 5.96 Å². The van der Waals surface area contributed by atoms with E-state index in [9.17, 15) is 0 Å². The van der Waals surface area contributed by atoms with Crippen LogP contribution in [0, 0.1) is 0 Å². The lowest BCUT2D eigenvalue weighted by atomic mass is 10.1. The molecule has 0 saturated carbocycles. The zero-order valence-corrected chi connectivity index (χ0v) is 17.2. The highest BCUT2D eigenvalue weighted by molar-refractivity contribution is 5.79. The Morgan fingerprint density at radius 3 is 2.34 bits per heavy atom. The Morgan fingerprint density at radius 1 is 0.966 bits per heavy atom. The summed E-state index contributed by atoms with van der Waals surface area (Å²) in [6.45, 7) is 1.54. The van der Waals surface area contributed by atoms with Crippen LogP contribution < -0.4 is 34.3 Å². The highest BCUT2D eigenvalue weighted by Gasteiger charge is 2.14. The Labute approximate surface area is 170 Å². The van der Waals surface area contributed by atoms with Gasteiger partial charge in [-0.05, 0) is 24.1 Å². The van der Waals surface area contributed by atoms with Gasteiger partial charge in [-0.1, -0.05) is 6.07 Å². The first-order valence-electron chi connectivity index (χ1n) is 9.30. The molecule has 8 heteroatoms. The molecule has 0 amide bonds. The zero-order valence-electron chi connectivity index (χ0n) is 17.2. The molecule has 1 heterocycles. The maximum absolute atomic E-state index is 5.50. The van der Waals surface area contributed by atoms with Crippen LogP contribution in [-0.4, -0.2) is 47.7 Å². The Morgan fingerprint density at radius 2 is 1.69 bits per heavy atom. The van der Waals surface area contributed by atoms with Crippen molar-refractivity contribution in [3.63, 3.8) is 0 Å². The highest BCUT2D eigenvalue weighted by atomic mass is 16.7. The molecule has 2 aromatic carbocycles. The van der Waals surface area contributed by atoms with Crippen molar-refractivity contribution < 1.29 is 23.7 Å². The average molecular weight is 401 g/mol. The van der Waals surface area contributed by atoms with E-state index in [2.05, 4.69) is 15.6 Å². The van der Waals surface area contributed by atoms with Crippen LogP contribution in [0.2, 0.25) is 0 Å². The van der Waals surface area contributed by atoms with Crippen LogP contribution in [0.3, 0.4) is 0 Å². The van der Waals surface area contributed by atoms with E-state index in [1.54, 1.807) is 28.4 Å². The molecular weight excluding hydrogens is 374 g/mol. The number of guanidine groups is 1. The first-order valence-corrected chi connectivity index (χ1v) is 9.30. The minimum absolute atomic E-state index is 0.272. The molecule has 0 bridgehead atoms. The fourth-order valence-corrected chi connectivity index (χ4v) is 3.09. The first kappa shape index (κ1) is 20.4. The molecule has 1 aliphatic rings. The van der Waals surface area contributed by atoms with Crippen molar-refractivity contribution in [3.05, 3.63) is 41.5 Å². The van der Waals surface area contributed by atoms with E-state index < -0.39 is 0 Å². The van der Waals surface area contributed by atoms with Crippen LogP contribution >= 0.6 is 0 Å². The van der Waals surface area contributed by atoms with Gasteiger partial charge in [-0.3, -0.25) is 4.99 Å². The Hall–Kier alpha value is -3.29. The standard InChI is InChI=1S/C21H27N3O5/c1-22-21(24-12-14-5-6-17-20(9-14)29-13-28-17)23-8-7-16-18(26-3)10-15(25-2)11-19(16)27-4/h5-6,9-11H,7-8,12-13H2,1-4H3,(H2,22,23,24). The molecule has 0 aromatic heterocycles. The second-order valence-electron chi connectivity index (χ2n) is 6.30. The Bertz CT molecular complexity index is 844. The van der Waals surface area contributed by atoms with E-state index in [4.69, 9.17) is 23.7 Å². The van der Waals surface area contributed by atoms with Crippen molar-refractivity contribution in [2.45, 2.75) is 13.0 Å². The third kappa shape index (κ3) is 4.96. The molecule has 0 atom stereocenters. The Balaban J connectivity index is 1.56. The monoisotopic (exact) mass is 401 g/mol. The number of nitrogens with one attached hydrogen (secondary N) is 2. The third-order valence-electron chi connectivity index (χ3n) is 4.61. The topological polar surface area (TPSA) is 82.6 Å². The quantitative estimate of drug-likeness (QED) is 0.519. The second-order valence-corrected chi connectivity index (χ2v) is 6.30. The molecule has 0 spiro atoms. The van der Waals surface area contributed by atoms with Gasteiger partial charge < -0.3 is 34.3 Å². The molecule has 0 saturated heterocycles. The van der Waals surface area contributed by atoms with Gasteiger partial charge in [-0.2, -0.15) is 0 Å². The van der Waals surface area contributed by atoms with Crippen molar-refractivity contribution in [1.29, 1.82) is 0 Å². The Kier molecular flexibility index (Phi) is 6.89. The SMILES string of the molecule is CN=C(NCCc1c(OC)cc(OC)cc1OC)NCc1ccc2c(c1)OCO2. The van der Waals surface area contributed by atoms with Gasteiger partial charge in [0.2, 0.25) is 6.79 Å². The predicted octanol–water partition coefficient (Wildman–Crippen LogP) is 2.35. The fraction of sp³-hybridized carbons (Fsp3) is 0.381. The van der Waals surface area contributed by atoms with Crippen LogP contribution in [0.4, 0.5) is 0 Å². The maximum Gasteiger partial charge on any atom is 0.231 e. The van der Waals surface area contributed by atoms with E-state index in [0.717, 1.165) is 34.1 Å². The lowest BCUT2D eigenvalue weighted by Gasteiger charge is -2.16. The number of fused-ring (bicyclic) bond motifs is 1. The van der Waals surface area contributed by atoms with Gasteiger partial charge in [0, 0.05) is 37.8 Å². The second kappa shape index (κ2) is 9.77. The minimum Gasteiger partial charge on any atom is -0.496 e. The average Bonchev–Trinajstić information content (AvgIpc) is 3.23. The van der Waals surface area contributed by atoms with Crippen LogP contribution in [0.25, 0.3) is 0 Å². The number of rotatable bonds is 8. The van der Waals surface area contributed by atoms with E-state index in [1.807, 2.05) is 30.3 Å². The summed E-state index contributed by atoms with van der Waals surface area (Å²) in [5.41, 5.74) is 2.05. The summed E-state index contributed by atoms with van der Waals surface area (Å²) < 4.78 is 27.1. The zero-order chi connectivity index (χ0) is 20.6. The van der Waals surface area contributed by atoms with Gasteiger partial charge in [-0.25, -0.2) is 0 Å². The minimum atomic E-state index is 0.272. The number of hydrogen-bond donors (Lipinski definition) is 2. The van der Waals surface area contributed by atoms with Gasteiger partial charge in [0.25, 0.3) is 0 Å². The molecule has 29 heavy (non-hydrogen) atoms. The van der Waals surface area contributed by atoms with Crippen LogP contribution in [0.5, 0.6) is 28.7 Å². The molecule has 0 unspecified atom stereocenters. The van der Waals surface area contributed by atoms with Gasteiger partial charge in [0.05, 0.1) is 21.3 Å². The number of benzene rings is 2. The van der Waals surface area contributed by atoms with E-state index >= 15 is 0 Å². The van der Waals surface area contributed by atoms with Crippen LogP contribution in [0.1, 0.15) is 11.1 Å². The summed E-state index contributed by atoms with van der Waals surface area (Å²) in [5, 5.41) is 6.61. The van der Waals surface area contributed by atoms with E-state index in [-0.39, 0.29) is 6.79 Å². The summed E-state index contributed by atoms with van der Waals surface area (Å²) >= 11 is 0. The van der Waals surface area contributed by atoms with Gasteiger partial charge in [0.1, 0.15) is 17.2 Å². The van der Waals surface area contributed by atoms with Crippen molar-refractivity contribution in [2.24, 2.45) is 4.99 Å². The number of ether oxygens (including phenoxy) is 5. The number of nitrogens with zero attached hydrogens (tertiary/aromatic N) is 1. The highest BCUT2D eigenvalue weighted by Crippen LogP contribution is 2.34. The molecular formula is C21H27N3O5. The van der Waals surface area contributed by atoms with Gasteiger partial charge in [-0.15, -0.1) is 0 Å². The molecule has 8 nitrogen and oxygen atoms in total. The van der Waals surface area contributed by atoms with Gasteiger partial charge >= 0.3 is 0 Å². The number of methoxy groups -OCH3 is 3. The molecule has 0 aliphatic carbocycles. The molecule has 3 rings (SSSR count). The smallest absolute Gasteiger partial charge is 0.231 e. The summed E-state index contributed by atoms with van der Waals surface area (Å²) in [4.78, 5) is 4.28. The molecule has 0 radical (unpaired) electrons. The lowest BCUT2D eigenvalue weighted by Crippen LogP contribution is -2.37. The molecule has 1 aliphatic heterocycles. The van der Waals surface area contributed by atoms with Crippen molar-refractivity contribution in [1.82, 2.24) is 10.6 Å². The third-order valence-corrected chi connectivity index (χ3v) is 4.61. The lowest BCUT2D eigenvalue weighted by molar-refractivity contribution is 0.174. The summed E-state index contributed by atoms with van der Waals surface area (Å²) in [7, 11) is 6.63. The molecule has 2 aromatic rings. The molecule has 156 valence electrons. The molecule has 2 N–H and O–H groups in total. The normalized spacial score (nSPS) is 12.5. The van der Waals surface area contributed by atoms with Crippen LogP contribution in [0.15, 0.2) is 35.3 Å². The van der Waals surface area contributed by atoms with Crippen LogP contribution in [-0.2, 0) is 13.0 Å². The summed E-state index contributed by atoms with van der Waals surface area (Å²) in [6.07, 6.45) is 0.696. The van der Waals surface area contributed by atoms with Gasteiger partial charge in [0.15, 0.2) is 17.5 Å². The van der Waals surface area contributed by atoms with Crippen molar-refractivity contribution in [3.8, 4) is 28.7 Å². The first-order chi connectivity index (χ1) is 14.2. The number of aliphatic imine (C=N–C) groups is 1. The van der Waals surface area contributed by atoms with E-state index in [1.165, 1.54) is 0 Å². The fourth-order valence-electron chi connectivity index (χ4n) is 3.09. The number of hydrogen-bond acceptors (Lipinski definition) is 6. The molecule has 0 fully saturated rings. The summed E-state index contributed by atoms with van der Waals surface area (Å²) in [6, 6.07) is 9.59. The predicted molar refractivity (Wildman–Crippen MR) is 111 cm³/mol.